The highest BCUT2D eigenvalue weighted by atomic mass is 32.2. The van der Waals surface area contributed by atoms with Crippen LogP contribution >= 0.6 is 11.8 Å². The van der Waals surface area contributed by atoms with Crippen molar-refractivity contribution in [3.8, 4) is 0 Å². The van der Waals surface area contributed by atoms with Crippen LogP contribution in [0.2, 0.25) is 0 Å². The van der Waals surface area contributed by atoms with Crippen LogP contribution in [-0.2, 0) is 4.79 Å². The van der Waals surface area contributed by atoms with E-state index in [-0.39, 0.29) is 5.91 Å². The summed E-state index contributed by atoms with van der Waals surface area (Å²) in [6.45, 7) is 8.05. The molecule has 1 amide bonds. The van der Waals surface area contributed by atoms with Gasteiger partial charge in [-0.05, 0) is 44.5 Å². The van der Waals surface area contributed by atoms with Crippen LogP contribution in [0.4, 0.5) is 0 Å². The third-order valence-corrected chi connectivity index (χ3v) is 4.03. The molecule has 0 saturated carbocycles. The summed E-state index contributed by atoms with van der Waals surface area (Å²) in [4.78, 5) is 12.6. The number of benzene rings is 1. The first kappa shape index (κ1) is 17.1. The lowest BCUT2D eigenvalue weighted by atomic mass is 10.1. The number of nitrogens with one attached hydrogen (secondary N) is 2. The molecule has 1 rings (SSSR count). The Bertz CT molecular complexity index is 409. The van der Waals surface area contributed by atoms with Crippen LogP contribution in [-0.4, -0.2) is 24.7 Å². The quantitative estimate of drug-likeness (QED) is 0.686. The number of amides is 1. The predicted molar refractivity (Wildman–Crippen MR) is 87.2 cm³/mol. The van der Waals surface area contributed by atoms with E-state index in [1.807, 2.05) is 6.92 Å². The Morgan fingerprint density at radius 1 is 1.35 bits per heavy atom. The van der Waals surface area contributed by atoms with Crippen molar-refractivity contribution in [3.63, 3.8) is 0 Å². The average Bonchev–Trinajstić information content (AvgIpc) is 2.45. The van der Waals surface area contributed by atoms with E-state index in [4.69, 9.17) is 0 Å². The van der Waals surface area contributed by atoms with Gasteiger partial charge in [0.2, 0.25) is 5.91 Å². The molecule has 0 fully saturated rings. The molecule has 0 aliphatic heterocycles. The second-order valence-corrected chi connectivity index (χ2v) is 5.97. The lowest BCUT2D eigenvalue weighted by molar-refractivity contribution is -0.120. The van der Waals surface area contributed by atoms with Crippen molar-refractivity contribution in [2.45, 2.75) is 44.6 Å². The zero-order chi connectivity index (χ0) is 14.8. The highest BCUT2D eigenvalue weighted by Crippen LogP contribution is 2.23. The van der Waals surface area contributed by atoms with Gasteiger partial charge in [-0.15, -0.1) is 11.8 Å². The van der Waals surface area contributed by atoms with Gasteiger partial charge in [-0.25, -0.2) is 0 Å². The van der Waals surface area contributed by atoms with Gasteiger partial charge in [0.05, 0.1) is 0 Å². The van der Waals surface area contributed by atoms with Crippen molar-refractivity contribution in [1.82, 2.24) is 10.6 Å². The zero-order valence-corrected chi connectivity index (χ0v) is 13.6. The zero-order valence-electron chi connectivity index (χ0n) is 12.7. The number of hydrogen-bond acceptors (Lipinski definition) is 3. The molecule has 112 valence electrons. The fourth-order valence-corrected chi connectivity index (χ4v) is 2.82. The van der Waals surface area contributed by atoms with E-state index >= 15 is 0 Å². The molecule has 0 aromatic heterocycles. The lowest BCUT2D eigenvalue weighted by Crippen LogP contribution is -2.22. The summed E-state index contributed by atoms with van der Waals surface area (Å²) in [6.07, 6.45) is 1.72. The molecule has 0 bridgehead atoms. The first-order valence-electron chi connectivity index (χ1n) is 7.40. The smallest absolute Gasteiger partial charge is 0.220 e. The van der Waals surface area contributed by atoms with Gasteiger partial charge in [0, 0.05) is 29.7 Å². The van der Waals surface area contributed by atoms with Crippen LogP contribution < -0.4 is 10.6 Å². The normalized spacial score (nSPS) is 12.2. The molecule has 0 radical (unpaired) electrons. The van der Waals surface area contributed by atoms with Crippen LogP contribution in [0.3, 0.4) is 0 Å². The highest BCUT2D eigenvalue weighted by molar-refractivity contribution is 7.99. The van der Waals surface area contributed by atoms with E-state index in [0.717, 1.165) is 18.7 Å². The lowest BCUT2D eigenvalue weighted by Gasteiger charge is -2.14. The fraction of sp³-hybridized carbons (Fsp3) is 0.562. The first-order chi connectivity index (χ1) is 9.67. The van der Waals surface area contributed by atoms with E-state index in [2.05, 4.69) is 48.7 Å². The molecule has 4 heteroatoms. The van der Waals surface area contributed by atoms with Gasteiger partial charge >= 0.3 is 0 Å². The van der Waals surface area contributed by atoms with E-state index in [1.54, 1.807) is 11.8 Å². The second-order valence-electron chi connectivity index (χ2n) is 4.80. The Hall–Kier alpha value is -1.00. The minimum atomic E-state index is 0.133. The van der Waals surface area contributed by atoms with Gasteiger partial charge in [-0.3, -0.25) is 4.79 Å². The Balaban J connectivity index is 2.45. The van der Waals surface area contributed by atoms with E-state index in [9.17, 15) is 4.79 Å². The summed E-state index contributed by atoms with van der Waals surface area (Å²) in [5, 5.41) is 6.32. The minimum Gasteiger partial charge on any atom is -0.356 e. The Labute approximate surface area is 126 Å². The number of carbonyl (C=O) groups is 1. The van der Waals surface area contributed by atoms with Gasteiger partial charge in [0.25, 0.3) is 0 Å². The molecule has 1 atom stereocenters. The largest absolute Gasteiger partial charge is 0.356 e. The first-order valence-corrected chi connectivity index (χ1v) is 8.38. The van der Waals surface area contributed by atoms with E-state index in [1.165, 1.54) is 10.5 Å². The maximum Gasteiger partial charge on any atom is 0.220 e. The van der Waals surface area contributed by atoms with Crippen molar-refractivity contribution in [3.05, 3.63) is 29.8 Å². The molecule has 1 aromatic carbocycles. The second kappa shape index (κ2) is 9.83. The third kappa shape index (κ3) is 6.44. The molecule has 2 N–H and O–H groups in total. The third-order valence-electron chi connectivity index (χ3n) is 3.03. The van der Waals surface area contributed by atoms with Crippen molar-refractivity contribution >= 4 is 17.7 Å². The van der Waals surface area contributed by atoms with Gasteiger partial charge in [0.15, 0.2) is 0 Å². The van der Waals surface area contributed by atoms with E-state index in [0.29, 0.717) is 19.0 Å². The number of thioether (sulfide) groups is 1. The van der Waals surface area contributed by atoms with Gasteiger partial charge < -0.3 is 10.6 Å². The molecule has 3 nitrogen and oxygen atoms in total. The van der Waals surface area contributed by atoms with Crippen LogP contribution in [0, 0.1) is 0 Å². The summed E-state index contributed by atoms with van der Waals surface area (Å²) >= 11 is 1.74. The summed E-state index contributed by atoms with van der Waals surface area (Å²) < 4.78 is 0. The molecular weight excluding hydrogens is 268 g/mol. The van der Waals surface area contributed by atoms with Crippen molar-refractivity contribution < 1.29 is 4.79 Å². The Morgan fingerprint density at radius 3 is 2.85 bits per heavy atom. The fourth-order valence-electron chi connectivity index (χ4n) is 1.90. The van der Waals surface area contributed by atoms with Crippen LogP contribution in [0.25, 0.3) is 0 Å². The van der Waals surface area contributed by atoms with E-state index < -0.39 is 0 Å². The minimum absolute atomic E-state index is 0.133. The molecule has 0 saturated heterocycles. The van der Waals surface area contributed by atoms with Crippen molar-refractivity contribution in [1.29, 1.82) is 0 Å². The molecule has 0 aliphatic carbocycles. The van der Waals surface area contributed by atoms with Crippen molar-refractivity contribution in [2.24, 2.45) is 0 Å². The molecule has 0 spiro atoms. The molecule has 0 heterocycles. The molecule has 0 aliphatic rings. The molecule has 20 heavy (non-hydrogen) atoms. The molecule has 1 unspecified atom stereocenters. The summed E-state index contributed by atoms with van der Waals surface area (Å²) in [7, 11) is 0. The number of carbonyl (C=O) groups excluding carboxylic acids is 1. The SMILES string of the molecule is CCCNC(C)c1cccc(SCCC(=O)NCC)c1. The molecule has 1 aromatic rings. The summed E-state index contributed by atoms with van der Waals surface area (Å²) in [5.41, 5.74) is 1.31. The monoisotopic (exact) mass is 294 g/mol. The summed E-state index contributed by atoms with van der Waals surface area (Å²) in [6, 6.07) is 8.95. The van der Waals surface area contributed by atoms with Crippen LogP contribution in [0.1, 0.15) is 45.2 Å². The predicted octanol–water partition coefficient (Wildman–Crippen LogP) is 3.37. The number of rotatable bonds is 9. The average molecular weight is 294 g/mol. The standard InChI is InChI=1S/C16H26N2OS/c1-4-10-18-13(3)14-7-6-8-15(12-14)20-11-9-16(19)17-5-2/h6-8,12-13,18H,4-5,9-11H2,1-3H3,(H,17,19). The Kier molecular flexibility index (Phi) is 8.38. The summed E-state index contributed by atoms with van der Waals surface area (Å²) in [5.74, 6) is 0.959. The molecular formula is C16H26N2OS. The van der Waals surface area contributed by atoms with Gasteiger partial charge in [-0.2, -0.15) is 0 Å². The van der Waals surface area contributed by atoms with Crippen LogP contribution in [0.5, 0.6) is 0 Å². The van der Waals surface area contributed by atoms with Crippen molar-refractivity contribution in [2.75, 3.05) is 18.8 Å². The number of hydrogen-bond donors (Lipinski definition) is 2. The van der Waals surface area contributed by atoms with Crippen LogP contribution in [0.15, 0.2) is 29.2 Å². The highest BCUT2D eigenvalue weighted by Gasteiger charge is 2.06. The topological polar surface area (TPSA) is 41.1 Å². The Morgan fingerprint density at radius 2 is 2.15 bits per heavy atom. The maximum absolute atomic E-state index is 11.4. The van der Waals surface area contributed by atoms with Gasteiger partial charge in [0.1, 0.15) is 0 Å². The van der Waals surface area contributed by atoms with Gasteiger partial charge in [-0.1, -0.05) is 19.1 Å². The maximum atomic E-state index is 11.4.